The monoisotopic (exact) mass is 412 g/mol. The quantitative estimate of drug-likeness (QED) is 0.657. The summed E-state index contributed by atoms with van der Waals surface area (Å²) in [6, 6.07) is 15.3. The summed E-state index contributed by atoms with van der Waals surface area (Å²) in [6.45, 7) is -0.304. The van der Waals surface area contributed by atoms with Crippen molar-refractivity contribution in [1.29, 1.82) is 0 Å². The highest BCUT2D eigenvalue weighted by Gasteiger charge is 2.35. The van der Waals surface area contributed by atoms with Crippen LogP contribution in [0.3, 0.4) is 0 Å². The number of carbonyl (C=O) groups is 2. The topological polar surface area (TPSA) is 49.4 Å². The van der Waals surface area contributed by atoms with E-state index in [1.54, 1.807) is 24.3 Å². The van der Waals surface area contributed by atoms with Gasteiger partial charge < -0.3 is 10.2 Å². The molecule has 4 rings (SSSR count). The molecule has 0 saturated heterocycles. The maximum atomic E-state index is 14.3. The van der Waals surface area contributed by atoms with Crippen LogP contribution in [0.15, 0.2) is 66.7 Å². The van der Waals surface area contributed by atoms with E-state index >= 15 is 0 Å². The highest BCUT2D eigenvalue weighted by molar-refractivity contribution is 6.30. The summed E-state index contributed by atoms with van der Waals surface area (Å²) in [5.41, 5.74) is 1.45. The molecule has 3 aromatic carbocycles. The number of nitrogens with one attached hydrogen (secondary N) is 1. The van der Waals surface area contributed by atoms with Crippen molar-refractivity contribution in [3.63, 3.8) is 0 Å². The van der Waals surface area contributed by atoms with E-state index in [0.29, 0.717) is 21.8 Å². The Morgan fingerprint density at radius 2 is 1.76 bits per heavy atom. The van der Waals surface area contributed by atoms with Crippen molar-refractivity contribution in [2.24, 2.45) is 0 Å². The van der Waals surface area contributed by atoms with Gasteiger partial charge in [0.05, 0.1) is 11.6 Å². The average Bonchev–Trinajstić information content (AvgIpc) is 2.84. The van der Waals surface area contributed by atoms with E-state index in [1.807, 2.05) is 0 Å². The molecule has 0 saturated carbocycles. The van der Waals surface area contributed by atoms with Gasteiger partial charge in [0.25, 0.3) is 5.91 Å². The molecule has 0 aromatic heterocycles. The first-order chi connectivity index (χ1) is 13.9. The second-order valence-electron chi connectivity index (χ2n) is 6.65. The Morgan fingerprint density at radius 3 is 2.48 bits per heavy atom. The first kappa shape index (κ1) is 19.1. The Hall–Kier alpha value is -3.25. The summed E-state index contributed by atoms with van der Waals surface area (Å²) in [5.74, 6) is -2.20. The van der Waals surface area contributed by atoms with E-state index in [4.69, 9.17) is 11.6 Å². The maximum absolute atomic E-state index is 14.3. The summed E-state index contributed by atoms with van der Waals surface area (Å²) in [4.78, 5) is 27.0. The Kier molecular flexibility index (Phi) is 5.03. The van der Waals surface area contributed by atoms with E-state index in [-0.39, 0.29) is 12.1 Å². The smallest absolute Gasteiger partial charge is 0.258 e. The van der Waals surface area contributed by atoms with Crippen molar-refractivity contribution in [3.05, 3.63) is 100 Å². The average molecular weight is 413 g/mol. The summed E-state index contributed by atoms with van der Waals surface area (Å²) < 4.78 is 27.8. The molecule has 1 heterocycles. The number of anilines is 1. The third-order valence-corrected chi connectivity index (χ3v) is 4.99. The lowest BCUT2D eigenvalue weighted by Crippen LogP contribution is -2.39. The molecule has 7 heteroatoms. The van der Waals surface area contributed by atoms with Gasteiger partial charge in [-0.25, -0.2) is 8.78 Å². The number of rotatable bonds is 2. The fourth-order valence-corrected chi connectivity index (χ4v) is 3.64. The number of hydrogen-bond donors (Lipinski definition) is 1. The molecular formula is C22H15ClF2N2O2. The molecule has 1 N–H and O–H groups in total. The third kappa shape index (κ3) is 3.71. The van der Waals surface area contributed by atoms with Crippen molar-refractivity contribution in [2.45, 2.75) is 6.04 Å². The molecule has 4 nitrogen and oxygen atoms in total. The van der Waals surface area contributed by atoms with Gasteiger partial charge in [-0.2, -0.15) is 0 Å². The summed E-state index contributed by atoms with van der Waals surface area (Å²) in [7, 11) is 0. The zero-order valence-electron chi connectivity index (χ0n) is 15.0. The number of hydrogen-bond acceptors (Lipinski definition) is 2. The lowest BCUT2D eigenvalue weighted by molar-refractivity contribution is -0.117. The van der Waals surface area contributed by atoms with Gasteiger partial charge in [-0.15, -0.1) is 0 Å². The van der Waals surface area contributed by atoms with Crippen LogP contribution >= 0.6 is 11.6 Å². The molecule has 146 valence electrons. The minimum atomic E-state index is -0.768. The standard InChI is InChI=1S/C22H15ClF2N2O2/c23-14-7-10-19-17(11-14)21(13-5-8-15(24)9-6-13)27(12-20(28)26-19)22(29)16-3-1-2-4-18(16)25/h1-11,21H,12H2,(H,26,28). The largest absolute Gasteiger partial charge is 0.324 e. The molecule has 1 aliphatic rings. The van der Waals surface area contributed by atoms with Crippen LogP contribution in [0.25, 0.3) is 0 Å². The van der Waals surface area contributed by atoms with E-state index < -0.39 is 29.5 Å². The van der Waals surface area contributed by atoms with Crippen LogP contribution < -0.4 is 5.32 Å². The summed E-state index contributed by atoms with van der Waals surface area (Å²) in [6.07, 6.45) is 0. The molecule has 1 atom stereocenters. The van der Waals surface area contributed by atoms with Gasteiger partial charge in [0.15, 0.2) is 0 Å². The van der Waals surface area contributed by atoms with Crippen molar-refractivity contribution < 1.29 is 18.4 Å². The van der Waals surface area contributed by atoms with Crippen LogP contribution in [0, 0.1) is 11.6 Å². The molecule has 2 amide bonds. The molecule has 0 bridgehead atoms. The summed E-state index contributed by atoms with van der Waals surface area (Å²) >= 11 is 6.18. The number of carbonyl (C=O) groups excluding carboxylic acids is 2. The second-order valence-corrected chi connectivity index (χ2v) is 7.08. The van der Waals surface area contributed by atoms with Gasteiger partial charge in [-0.05, 0) is 48.0 Å². The van der Waals surface area contributed by atoms with E-state index in [1.165, 1.54) is 47.4 Å². The maximum Gasteiger partial charge on any atom is 0.258 e. The SMILES string of the molecule is O=C1CN(C(=O)c2ccccc2F)C(c2ccc(F)cc2)c2cc(Cl)ccc2N1. The number of benzene rings is 3. The minimum absolute atomic E-state index is 0.155. The van der Waals surface area contributed by atoms with Crippen molar-refractivity contribution in [1.82, 2.24) is 4.90 Å². The Balaban J connectivity index is 1.91. The van der Waals surface area contributed by atoms with Crippen molar-refractivity contribution in [2.75, 3.05) is 11.9 Å². The molecular weight excluding hydrogens is 398 g/mol. The lowest BCUT2D eigenvalue weighted by Gasteiger charge is -2.31. The fraction of sp³-hybridized carbons (Fsp3) is 0.0909. The van der Waals surface area contributed by atoms with E-state index in [9.17, 15) is 18.4 Å². The number of halogens is 3. The van der Waals surface area contributed by atoms with Crippen LogP contribution in [0.2, 0.25) is 5.02 Å². The van der Waals surface area contributed by atoms with Gasteiger partial charge in [-0.1, -0.05) is 35.9 Å². The van der Waals surface area contributed by atoms with Crippen LogP contribution in [-0.2, 0) is 4.79 Å². The van der Waals surface area contributed by atoms with Crippen LogP contribution in [0.4, 0.5) is 14.5 Å². The van der Waals surface area contributed by atoms with Gasteiger partial charge in [0.2, 0.25) is 5.91 Å². The van der Waals surface area contributed by atoms with Gasteiger partial charge in [-0.3, -0.25) is 9.59 Å². The normalized spacial score (nSPS) is 16.0. The number of nitrogens with zero attached hydrogens (tertiary/aromatic N) is 1. The van der Waals surface area contributed by atoms with Crippen molar-refractivity contribution in [3.8, 4) is 0 Å². The lowest BCUT2D eigenvalue weighted by atomic mass is 9.95. The van der Waals surface area contributed by atoms with Gasteiger partial charge in [0.1, 0.15) is 18.2 Å². The van der Waals surface area contributed by atoms with Crippen LogP contribution in [0.1, 0.15) is 27.5 Å². The molecule has 1 unspecified atom stereocenters. The predicted molar refractivity (Wildman–Crippen MR) is 106 cm³/mol. The van der Waals surface area contributed by atoms with Crippen LogP contribution in [0.5, 0.6) is 0 Å². The molecule has 1 aliphatic heterocycles. The zero-order valence-corrected chi connectivity index (χ0v) is 15.8. The van der Waals surface area contributed by atoms with Gasteiger partial charge >= 0.3 is 0 Å². The first-order valence-electron chi connectivity index (χ1n) is 8.84. The van der Waals surface area contributed by atoms with Gasteiger partial charge in [0, 0.05) is 16.3 Å². The fourth-order valence-electron chi connectivity index (χ4n) is 3.46. The highest BCUT2D eigenvalue weighted by atomic mass is 35.5. The molecule has 0 aliphatic carbocycles. The third-order valence-electron chi connectivity index (χ3n) is 4.76. The Morgan fingerprint density at radius 1 is 1.03 bits per heavy atom. The first-order valence-corrected chi connectivity index (χ1v) is 9.22. The van der Waals surface area contributed by atoms with Crippen LogP contribution in [-0.4, -0.2) is 23.3 Å². The number of amides is 2. The molecule has 0 radical (unpaired) electrons. The van der Waals surface area contributed by atoms with Crippen molar-refractivity contribution >= 4 is 29.1 Å². The second kappa shape index (κ2) is 7.64. The Labute approximate surface area is 170 Å². The molecule has 0 spiro atoms. The highest BCUT2D eigenvalue weighted by Crippen LogP contribution is 2.38. The predicted octanol–water partition coefficient (Wildman–Crippen LogP) is 4.80. The van der Waals surface area contributed by atoms with E-state index in [0.717, 1.165) is 0 Å². The molecule has 29 heavy (non-hydrogen) atoms. The minimum Gasteiger partial charge on any atom is -0.324 e. The van der Waals surface area contributed by atoms with E-state index in [2.05, 4.69) is 5.32 Å². The molecule has 3 aromatic rings. The molecule has 0 fully saturated rings. The summed E-state index contributed by atoms with van der Waals surface area (Å²) in [5, 5.41) is 3.16. The Bertz CT molecular complexity index is 1100. The number of fused-ring (bicyclic) bond motifs is 1. The zero-order chi connectivity index (χ0) is 20.5.